The maximum atomic E-state index is 12.3. The number of hydrogen-bond acceptors (Lipinski definition) is 4. The van der Waals surface area contributed by atoms with Crippen LogP contribution in [0.2, 0.25) is 0 Å². The van der Waals surface area contributed by atoms with Crippen LogP contribution in [-0.2, 0) is 14.3 Å². The monoisotopic (exact) mass is 400 g/mol. The summed E-state index contributed by atoms with van der Waals surface area (Å²) in [6.45, 7) is 13.9. The Morgan fingerprint density at radius 3 is 2.72 bits per heavy atom. The molecular formula is C25H36O4. The molecule has 29 heavy (non-hydrogen) atoms. The first-order chi connectivity index (χ1) is 13.6. The van der Waals surface area contributed by atoms with E-state index >= 15 is 0 Å². The molecule has 0 bridgehead atoms. The Morgan fingerprint density at radius 2 is 2.10 bits per heavy atom. The molecule has 4 atom stereocenters. The average molecular weight is 401 g/mol. The van der Waals surface area contributed by atoms with E-state index in [2.05, 4.69) is 31.7 Å². The van der Waals surface area contributed by atoms with Gasteiger partial charge in [-0.1, -0.05) is 49.0 Å². The predicted molar refractivity (Wildman–Crippen MR) is 117 cm³/mol. The van der Waals surface area contributed by atoms with Crippen LogP contribution in [0.25, 0.3) is 0 Å². The van der Waals surface area contributed by atoms with Gasteiger partial charge < -0.3 is 14.6 Å². The predicted octanol–water partition coefficient (Wildman–Crippen LogP) is 5.21. The highest BCUT2D eigenvalue weighted by atomic mass is 16.6. The normalized spacial score (nSPS) is 32.0. The van der Waals surface area contributed by atoms with Crippen molar-refractivity contribution in [3.05, 3.63) is 59.8 Å². The lowest BCUT2D eigenvalue weighted by molar-refractivity contribution is -0.143. The summed E-state index contributed by atoms with van der Waals surface area (Å²) in [5.74, 6) is -0.344. The largest absolute Gasteiger partial charge is 0.452 e. The highest BCUT2D eigenvalue weighted by molar-refractivity contribution is 5.83. The van der Waals surface area contributed by atoms with Gasteiger partial charge in [0.05, 0.1) is 12.7 Å². The van der Waals surface area contributed by atoms with Crippen LogP contribution in [0.4, 0.5) is 0 Å². The second-order valence-corrected chi connectivity index (χ2v) is 9.10. The van der Waals surface area contributed by atoms with Crippen molar-refractivity contribution in [3.63, 3.8) is 0 Å². The van der Waals surface area contributed by atoms with Crippen molar-refractivity contribution >= 4 is 5.97 Å². The Kier molecular flexibility index (Phi) is 7.84. The molecule has 4 heteroatoms. The van der Waals surface area contributed by atoms with E-state index in [1.807, 2.05) is 39.8 Å². The Hall–Kier alpha value is -1.91. The lowest BCUT2D eigenvalue weighted by Crippen LogP contribution is -2.32. The molecular weight excluding hydrogens is 364 g/mol. The number of esters is 1. The molecule has 160 valence electrons. The number of rotatable bonds is 6. The average Bonchev–Trinajstić information content (AvgIpc) is 3.28. The minimum absolute atomic E-state index is 0.0132. The molecule has 1 fully saturated rings. The van der Waals surface area contributed by atoms with Crippen LogP contribution < -0.4 is 0 Å². The Balaban J connectivity index is 2.32. The van der Waals surface area contributed by atoms with Crippen molar-refractivity contribution < 1.29 is 19.4 Å². The molecule has 1 saturated heterocycles. The van der Waals surface area contributed by atoms with Crippen LogP contribution >= 0.6 is 0 Å². The van der Waals surface area contributed by atoms with E-state index in [4.69, 9.17) is 9.47 Å². The SMILES string of the molecule is C=C(C)C=CCC1(C)C=CC(OC(=O)C=C(C)C)C2(C)OC2CCC(CO)=CC1. The highest BCUT2D eigenvalue weighted by Gasteiger charge is 2.58. The van der Waals surface area contributed by atoms with Crippen molar-refractivity contribution in [3.8, 4) is 0 Å². The second kappa shape index (κ2) is 9.73. The zero-order chi connectivity index (χ0) is 21.7. The standard InChI is InChI=1S/C25H36O4/c1-18(2)8-7-13-24(5)14-11-20(17-26)9-10-22-25(6,29-22)21(12-15-24)28-23(27)16-19(3)4/h7-8,11-12,15-16,21-22,26H,1,9-10,13-14,17H2,2-6H3. The van der Waals surface area contributed by atoms with E-state index in [0.717, 1.165) is 42.4 Å². The molecule has 0 aromatic rings. The minimum atomic E-state index is -0.527. The number of aliphatic hydroxyl groups is 1. The summed E-state index contributed by atoms with van der Waals surface area (Å²) in [5, 5.41) is 9.75. The molecule has 1 aliphatic carbocycles. The van der Waals surface area contributed by atoms with Gasteiger partial charge in [0.15, 0.2) is 6.10 Å². The van der Waals surface area contributed by atoms with Gasteiger partial charge in [-0.25, -0.2) is 4.79 Å². The first kappa shape index (κ1) is 23.4. The number of aliphatic hydroxyl groups excluding tert-OH is 1. The first-order valence-corrected chi connectivity index (χ1v) is 10.4. The van der Waals surface area contributed by atoms with Gasteiger partial charge in [-0.3, -0.25) is 0 Å². The zero-order valence-corrected chi connectivity index (χ0v) is 18.5. The van der Waals surface area contributed by atoms with E-state index in [0.29, 0.717) is 0 Å². The van der Waals surface area contributed by atoms with E-state index < -0.39 is 11.7 Å². The number of hydrogen-bond donors (Lipinski definition) is 1. The molecule has 0 aromatic heterocycles. The molecule has 1 heterocycles. The summed E-state index contributed by atoms with van der Waals surface area (Å²) >= 11 is 0. The number of fused-ring (bicyclic) bond motifs is 1. The van der Waals surface area contributed by atoms with Gasteiger partial charge >= 0.3 is 5.97 Å². The topological polar surface area (TPSA) is 59.1 Å². The van der Waals surface area contributed by atoms with Gasteiger partial charge in [0.1, 0.15) is 5.60 Å². The van der Waals surface area contributed by atoms with Crippen molar-refractivity contribution in [2.75, 3.05) is 6.61 Å². The fourth-order valence-corrected chi connectivity index (χ4v) is 3.62. The van der Waals surface area contributed by atoms with Crippen LogP contribution in [-0.4, -0.2) is 35.5 Å². The number of carbonyl (C=O) groups excluding carboxylic acids is 1. The van der Waals surface area contributed by atoms with Gasteiger partial charge in [-0.15, -0.1) is 0 Å². The van der Waals surface area contributed by atoms with Gasteiger partial charge in [0, 0.05) is 6.08 Å². The van der Waals surface area contributed by atoms with Gasteiger partial charge in [0.25, 0.3) is 0 Å². The van der Waals surface area contributed by atoms with Gasteiger partial charge in [-0.05, 0) is 70.4 Å². The summed E-state index contributed by atoms with van der Waals surface area (Å²) in [4.78, 5) is 12.3. The smallest absolute Gasteiger partial charge is 0.331 e. The first-order valence-electron chi connectivity index (χ1n) is 10.4. The highest BCUT2D eigenvalue weighted by Crippen LogP contribution is 2.45. The fraction of sp³-hybridized carbons (Fsp3) is 0.560. The summed E-state index contributed by atoms with van der Waals surface area (Å²) in [6.07, 6.45) is 14.7. The molecule has 2 aliphatic rings. The van der Waals surface area contributed by atoms with E-state index in [1.54, 1.807) is 0 Å². The second-order valence-electron chi connectivity index (χ2n) is 9.10. The van der Waals surface area contributed by atoms with Crippen molar-refractivity contribution in [1.82, 2.24) is 0 Å². The zero-order valence-electron chi connectivity index (χ0n) is 18.5. The molecule has 1 aliphatic heterocycles. The molecule has 0 radical (unpaired) electrons. The third-order valence-corrected chi connectivity index (χ3v) is 5.64. The van der Waals surface area contributed by atoms with Crippen molar-refractivity contribution in [2.45, 2.75) is 78.1 Å². The number of carbonyl (C=O) groups is 1. The molecule has 1 N–H and O–H groups in total. The van der Waals surface area contributed by atoms with Crippen LogP contribution in [0, 0.1) is 5.41 Å². The quantitative estimate of drug-likeness (QED) is 0.219. The van der Waals surface area contributed by atoms with Crippen molar-refractivity contribution in [2.24, 2.45) is 5.41 Å². The molecule has 0 amide bonds. The lowest BCUT2D eigenvalue weighted by atomic mass is 9.81. The van der Waals surface area contributed by atoms with Crippen LogP contribution in [0.1, 0.15) is 60.3 Å². The number of allylic oxidation sites excluding steroid dienone is 6. The van der Waals surface area contributed by atoms with Crippen LogP contribution in [0.3, 0.4) is 0 Å². The van der Waals surface area contributed by atoms with E-state index in [-0.39, 0.29) is 24.1 Å². The molecule has 0 aromatic carbocycles. The fourth-order valence-electron chi connectivity index (χ4n) is 3.62. The minimum Gasteiger partial charge on any atom is -0.452 e. The Bertz CT molecular complexity index is 738. The lowest BCUT2D eigenvalue weighted by Gasteiger charge is -2.25. The Morgan fingerprint density at radius 1 is 1.38 bits per heavy atom. The van der Waals surface area contributed by atoms with E-state index in [9.17, 15) is 9.90 Å². The Labute approximate surface area is 175 Å². The molecule has 0 saturated carbocycles. The summed E-state index contributed by atoms with van der Waals surface area (Å²) < 4.78 is 11.8. The van der Waals surface area contributed by atoms with Crippen molar-refractivity contribution in [1.29, 1.82) is 0 Å². The number of ether oxygens (including phenoxy) is 2. The van der Waals surface area contributed by atoms with Gasteiger partial charge in [0.2, 0.25) is 0 Å². The molecule has 4 unspecified atom stereocenters. The maximum absolute atomic E-state index is 12.3. The molecule has 2 rings (SSSR count). The van der Waals surface area contributed by atoms with Crippen LogP contribution in [0.5, 0.6) is 0 Å². The summed E-state index contributed by atoms with van der Waals surface area (Å²) in [6, 6.07) is 0. The summed E-state index contributed by atoms with van der Waals surface area (Å²) in [5.41, 5.74) is 2.25. The summed E-state index contributed by atoms with van der Waals surface area (Å²) in [7, 11) is 0. The molecule has 4 nitrogen and oxygen atoms in total. The molecule has 0 spiro atoms. The number of epoxide rings is 1. The third kappa shape index (κ3) is 6.83. The third-order valence-electron chi connectivity index (χ3n) is 5.64. The van der Waals surface area contributed by atoms with E-state index in [1.165, 1.54) is 6.08 Å². The van der Waals surface area contributed by atoms with Crippen LogP contribution in [0.15, 0.2) is 59.8 Å². The van der Waals surface area contributed by atoms with Gasteiger partial charge in [-0.2, -0.15) is 0 Å². The maximum Gasteiger partial charge on any atom is 0.331 e.